The number of anilines is 1. The molecule has 0 aromatic carbocycles. The summed E-state index contributed by atoms with van der Waals surface area (Å²) in [5.41, 5.74) is 6.91. The van der Waals surface area contributed by atoms with E-state index in [1.807, 2.05) is 18.5 Å². The zero-order valence-corrected chi connectivity index (χ0v) is 10.9. The van der Waals surface area contributed by atoms with Gasteiger partial charge in [0.15, 0.2) is 5.82 Å². The van der Waals surface area contributed by atoms with Crippen LogP contribution >= 0.6 is 12.2 Å². The van der Waals surface area contributed by atoms with Crippen LogP contribution in [0.1, 0.15) is 17.2 Å². The average molecular weight is 263 g/mol. The van der Waals surface area contributed by atoms with Crippen LogP contribution < -0.4 is 11.1 Å². The minimum absolute atomic E-state index is 0.252. The number of hydrogen-bond acceptors (Lipinski definition) is 6. The highest BCUT2D eigenvalue weighted by Crippen LogP contribution is 2.06. The van der Waals surface area contributed by atoms with Gasteiger partial charge in [-0.1, -0.05) is 12.2 Å². The van der Waals surface area contributed by atoms with Gasteiger partial charge in [0.05, 0.1) is 6.54 Å². The van der Waals surface area contributed by atoms with Gasteiger partial charge in [-0.25, -0.2) is 9.97 Å². The lowest BCUT2D eigenvalue weighted by Crippen LogP contribution is -2.15. The highest BCUT2D eigenvalue weighted by molar-refractivity contribution is 7.80. The minimum atomic E-state index is 0.252. The first kappa shape index (κ1) is 12.4. The second kappa shape index (κ2) is 5.05. The highest BCUT2D eigenvalue weighted by Gasteiger charge is 2.06. The Morgan fingerprint density at radius 2 is 2.28 bits per heavy atom. The minimum Gasteiger partial charge on any atom is -0.388 e. The van der Waals surface area contributed by atoms with E-state index in [9.17, 15) is 0 Å². The lowest BCUT2D eigenvalue weighted by molar-refractivity contribution is 0.806. The van der Waals surface area contributed by atoms with Gasteiger partial charge < -0.3 is 15.6 Å². The average Bonchev–Trinajstić information content (AvgIpc) is 2.71. The van der Waals surface area contributed by atoms with E-state index in [-0.39, 0.29) is 4.99 Å². The molecule has 0 aliphatic carbocycles. The van der Waals surface area contributed by atoms with E-state index in [4.69, 9.17) is 18.0 Å². The molecule has 0 aliphatic heterocycles. The van der Waals surface area contributed by atoms with Crippen LogP contribution in [0, 0.1) is 6.92 Å². The first-order valence-corrected chi connectivity index (χ1v) is 5.69. The van der Waals surface area contributed by atoms with Crippen LogP contribution in [0.2, 0.25) is 0 Å². The number of nitrogens with one attached hydrogen (secondary N) is 1. The van der Waals surface area contributed by atoms with Gasteiger partial charge in [-0.05, 0) is 13.0 Å². The summed E-state index contributed by atoms with van der Waals surface area (Å²) < 4.78 is 1.82. The van der Waals surface area contributed by atoms with Gasteiger partial charge in [0.1, 0.15) is 17.0 Å². The normalized spacial score (nSPS) is 10.3. The standard InChI is InChI=1S/C10H13N7S/c1-6-3-7(9(11)18)15-10(14-6)12-4-8-16-13-5-17(8)2/h3,5H,4H2,1-2H3,(H2,11,18)(H,12,14,15). The van der Waals surface area contributed by atoms with Crippen molar-refractivity contribution in [1.82, 2.24) is 24.7 Å². The molecule has 0 unspecified atom stereocenters. The van der Waals surface area contributed by atoms with Crippen molar-refractivity contribution in [1.29, 1.82) is 0 Å². The molecule has 2 aromatic heterocycles. The van der Waals surface area contributed by atoms with Crippen LogP contribution in [-0.2, 0) is 13.6 Å². The van der Waals surface area contributed by atoms with E-state index in [0.717, 1.165) is 11.5 Å². The van der Waals surface area contributed by atoms with Gasteiger partial charge in [-0.15, -0.1) is 10.2 Å². The van der Waals surface area contributed by atoms with Gasteiger partial charge in [-0.3, -0.25) is 0 Å². The van der Waals surface area contributed by atoms with Gasteiger partial charge in [0.2, 0.25) is 5.95 Å². The largest absolute Gasteiger partial charge is 0.388 e. The van der Waals surface area contributed by atoms with Crippen LogP contribution in [0.25, 0.3) is 0 Å². The number of nitrogens with zero attached hydrogens (tertiary/aromatic N) is 5. The summed E-state index contributed by atoms with van der Waals surface area (Å²) in [6.07, 6.45) is 1.63. The maximum Gasteiger partial charge on any atom is 0.223 e. The summed E-state index contributed by atoms with van der Waals surface area (Å²) in [4.78, 5) is 8.72. The number of thiocarbonyl (C=S) groups is 1. The van der Waals surface area contributed by atoms with Crippen molar-refractivity contribution in [3.8, 4) is 0 Å². The van der Waals surface area contributed by atoms with Crippen molar-refractivity contribution in [2.24, 2.45) is 12.8 Å². The lowest BCUT2D eigenvalue weighted by Gasteiger charge is -2.07. The molecule has 0 saturated heterocycles. The molecular formula is C10H13N7S. The molecule has 0 atom stereocenters. The van der Waals surface area contributed by atoms with E-state index in [1.54, 1.807) is 12.4 Å². The van der Waals surface area contributed by atoms with Gasteiger partial charge >= 0.3 is 0 Å². The first-order valence-electron chi connectivity index (χ1n) is 5.28. The molecule has 2 aromatic rings. The zero-order valence-electron chi connectivity index (χ0n) is 10.1. The Morgan fingerprint density at radius 1 is 1.50 bits per heavy atom. The lowest BCUT2D eigenvalue weighted by atomic mass is 10.3. The molecule has 8 heteroatoms. The molecule has 0 spiro atoms. The van der Waals surface area contributed by atoms with Crippen molar-refractivity contribution >= 4 is 23.2 Å². The fourth-order valence-corrected chi connectivity index (χ4v) is 1.50. The number of hydrogen-bond donors (Lipinski definition) is 2. The van der Waals surface area contributed by atoms with Crippen LogP contribution in [0.3, 0.4) is 0 Å². The summed E-state index contributed by atoms with van der Waals surface area (Å²) in [6, 6.07) is 1.75. The van der Waals surface area contributed by atoms with E-state index in [2.05, 4.69) is 25.5 Å². The molecule has 2 rings (SSSR count). The molecule has 3 N–H and O–H groups in total. The van der Waals surface area contributed by atoms with Crippen molar-refractivity contribution in [3.63, 3.8) is 0 Å². The Morgan fingerprint density at radius 3 is 2.89 bits per heavy atom. The number of rotatable bonds is 4. The topological polar surface area (TPSA) is 94.5 Å². The molecule has 0 aliphatic rings. The summed E-state index contributed by atoms with van der Waals surface area (Å²) in [6.45, 7) is 2.34. The molecule has 94 valence electrons. The van der Waals surface area contributed by atoms with Crippen molar-refractivity contribution < 1.29 is 0 Å². The van der Waals surface area contributed by atoms with Crippen molar-refractivity contribution in [2.45, 2.75) is 13.5 Å². The van der Waals surface area contributed by atoms with Crippen LogP contribution in [0.4, 0.5) is 5.95 Å². The molecular weight excluding hydrogens is 250 g/mol. The number of nitrogens with two attached hydrogens (primary N) is 1. The third kappa shape index (κ3) is 2.77. The predicted octanol–water partition coefficient (Wildman–Crippen LogP) is 0.160. The molecule has 18 heavy (non-hydrogen) atoms. The molecule has 0 amide bonds. The molecule has 0 radical (unpaired) electrons. The Labute approximate surface area is 109 Å². The summed E-state index contributed by atoms with van der Waals surface area (Å²) in [5, 5.41) is 10.8. The Kier molecular flexibility index (Phi) is 3.47. The van der Waals surface area contributed by atoms with Crippen LogP contribution in [0.5, 0.6) is 0 Å². The fraction of sp³-hybridized carbons (Fsp3) is 0.300. The summed E-state index contributed by atoms with van der Waals surface area (Å²) >= 11 is 4.90. The van der Waals surface area contributed by atoms with Crippen molar-refractivity contribution in [2.75, 3.05) is 5.32 Å². The first-order chi connectivity index (χ1) is 8.56. The van der Waals surface area contributed by atoms with Crippen LogP contribution in [-0.4, -0.2) is 29.7 Å². The van der Waals surface area contributed by atoms with E-state index in [0.29, 0.717) is 18.2 Å². The maximum absolute atomic E-state index is 5.55. The second-order valence-corrected chi connectivity index (χ2v) is 4.23. The molecule has 7 nitrogen and oxygen atoms in total. The monoisotopic (exact) mass is 263 g/mol. The fourth-order valence-electron chi connectivity index (χ4n) is 1.40. The van der Waals surface area contributed by atoms with Crippen molar-refractivity contribution in [3.05, 3.63) is 29.6 Å². The molecule has 2 heterocycles. The number of aromatic nitrogens is 5. The molecule has 0 saturated carbocycles. The Balaban J connectivity index is 2.14. The maximum atomic E-state index is 5.55. The summed E-state index contributed by atoms with van der Waals surface area (Å²) in [5.74, 6) is 1.26. The second-order valence-electron chi connectivity index (χ2n) is 3.79. The van der Waals surface area contributed by atoms with E-state index in [1.165, 1.54) is 0 Å². The Bertz CT molecular complexity index is 577. The Hall–Kier alpha value is -2.09. The molecule has 0 fully saturated rings. The third-order valence-electron chi connectivity index (χ3n) is 2.32. The third-order valence-corrected chi connectivity index (χ3v) is 2.53. The quantitative estimate of drug-likeness (QED) is 0.759. The number of aryl methyl sites for hydroxylation is 2. The van der Waals surface area contributed by atoms with Gasteiger partial charge in [0, 0.05) is 12.7 Å². The zero-order chi connectivity index (χ0) is 13.1. The SMILES string of the molecule is Cc1cc(C(N)=S)nc(NCc2nncn2C)n1. The summed E-state index contributed by atoms with van der Waals surface area (Å²) in [7, 11) is 1.87. The molecule has 0 bridgehead atoms. The van der Waals surface area contributed by atoms with E-state index < -0.39 is 0 Å². The van der Waals surface area contributed by atoms with E-state index >= 15 is 0 Å². The predicted molar refractivity (Wildman–Crippen MR) is 71.0 cm³/mol. The van der Waals surface area contributed by atoms with Gasteiger partial charge in [0.25, 0.3) is 0 Å². The van der Waals surface area contributed by atoms with Crippen LogP contribution in [0.15, 0.2) is 12.4 Å². The van der Waals surface area contributed by atoms with Gasteiger partial charge in [-0.2, -0.15) is 0 Å². The highest BCUT2D eigenvalue weighted by atomic mass is 32.1. The smallest absolute Gasteiger partial charge is 0.223 e.